The van der Waals surface area contributed by atoms with Gasteiger partial charge in [0.2, 0.25) is 11.8 Å². The van der Waals surface area contributed by atoms with E-state index in [2.05, 4.69) is 17.2 Å². The molecule has 0 rings (SSSR count). The van der Waals surface area contributed by atoms with Crippen LogP contribution in [0.5, 0.6) is 0 Å². The molecule has 0 aromatic heterocycles. The van der Waals surface area contributed by atoms with E-state index in [1.807, 2.05) is 27.7 Å². The molecule has 4 atom stereocenters. The van der Waals surface area contributed by atoms with Crippen molar-refractivity contribution in [1.82, 2.24) is 10.6 Å². The van der Waals surface area contributed by atoms with E-state index in [0.717, 1.165) is 0 Å². The van der Waals surface area contributed by atoms with Crippen LogP contribution >= 0.6 is 0 Å². The van der Waals surface area contributed by atoms with Gasteiger partial charge in [-0.3, -0.25) is 19.2 Å². The van der Waals surface area contributed by atoms with Gasteiger partial charge in [-0.05, 0) is 31.6 Å². The van der Waals surface area contributed by atoms with E-state index in [0.29, 0.717) is 26.1 Å². The van der Waals surface area contributed by atoms with E-state index in [9.17, 15) is 19.2 Å². The second kappa shape index (κ2) is 18.1. The summed E-state index contributed by atoms with van der Waals surface area (Å²) in [5.41, 5.74) is 0. The molecule has 2 N–H and O–H groups in total. The Hall–Kier alpha value is -2.26. The minimum atomic E-state index is -0.799. The van der Waals surface area contributed by atoms with Gasteiger partial charge in [-0.15, -0.1) is 6.58 Å². The topological polar surface area (TPSA) is 120 Å². The van der Waals surface area contributed by atoms with Crippen LogP contribution in [0.1, 0.15) is 60.8 Å². The first-order valence-electron chi connectivity index (χ1n) is 12.4. The largest absolute Gasteiger partial charge is 0.469 e. The zero-order valence-corrected chi connectivity index (χ0v) is 22.6. The molecule has 2 amide bonds. The highest BCUT2D eigenvalue weighted by atomic mass is 16.5. The quantitative estimate of drug-likeness (QED) is 0.160. The first-order valence-corrected chi connectivity index (χ1v) is 12.4. The Bertz CT molecular complexity index is 679. The standard InChI is InChI=1S/C26H46N2O7/c1-9-11-35-15-19(7)24(30)28-22(13-18(5)6)25(31)27-21(12-17(3)4)23(29)14-20(16-34-10-2)26(32)33-8/h9,17-22H,1,10-16H2,2-8H3,(H,27,31)(H,28,30)/t19-,20-,21-,22-/m0/s1. The van der Waals surface area contributed by atoms with Gasteiger partial charge in [-0.1, -0.05) is 40.7 Å². The number of carbonyl (C=O) groups excluding carboxylic acids is 4. The zero-order chi connectivity index (χ0) is 27.0. The lowest BCUT2D eigenvalue weighted by Gasteiger charge is -2.26. The number of nitrogens with one attached hydrogen (secondary N) is 2. The van der Waals surface area contributed by atoms with Crippen LogP contribution < -0.4 is 10.6 Å². The second-order valence-corrected chi connectivity index (χ2v) is 9.66. The lowest BCUT2D eigenvalue weighted by Crippen LogP contribution is -2.53. The zero-order valence-electron chi connectivity index (χ0n) is 22.6. The summed E-state index contributed by atoms with van der Waals surface area (Å²) >= 11 is 0. The molecule has 0 saturated heterocycles. The lowest BCUT2D eigenvalue weighted by molar-refractivity contribution is -0.149. The molecule has 202 valence electrons. The highest BCUT2D eigenvalue weighted by Gasteiger charge is 2.31. The highest BCUT2D eigenvalue weighted by molar-refractivity contribution is 5.94. The molecular formula is C26H46N2O7. The summed E-state index contributed by atoms with van der Waals surface area (Å²) in [5.74, 6) is -2.48. The Balaban J connectivity index is 5.47. The first-order chi connectivity index (χ1) is 16.5. The molecule has 0 spiro atoms. The van der Waals surface area contributed by atoms with E-state index >= 15 is 0 Å². The van der Waals surface area contributed by atoms with Gasteiger partial charge < -0.3 is 24.8 Å². The van der Waals surface area contributed by atoms with Crippen molar-refractivity contribution in [2.45, 2.75) is 72.9 Å². The third-order valence-electron chi connectivity index (χ3n) is 5.31. The van der Waals surface area contributed by atoms with Crippen molar-refractivity contribution in [2.24, 2.45) is 23.7 Å². The van der Waals surface area contributed by atoms with Crippen molar-refractivity contribution in [3.8, 4) is 0 Å². The van der Waals surface area contributed by atoms with Gasteiger partial charge in [-0.25, -0.2) is 0 Å². The fraction of sp³-hybridized carbons (Fsp3) is 0.769. The van der Waals surface area contributed by atoms with Gasteiger partial charge in [-0.2, -0.15) is 0 Å². The van der Waals surface area contributed by atoms with Gasteiger partial charge >= 0.3 is 5.97 Å². The Kier molecular flexibility index (Phi) is 16.9. The van der Waals surface area contributed by atoms with Gasteiger partial charge in [0.1, 0.15) is 6.04 Å². The average Bonchev–Trinajstić information content (AvgIpc) is 2.79. The van der Waals surface area contributed by atoms with E-state index < -0.39 is 35.8 Å². The summed E-state index contributed by atoms with van der Waals surface area (Å²) in [6, 6.07) is -1.59. The van der Waals surface area contributed by atoms with Crippen LogP contribution in [0.2, 0.25) is 0 Å². The molecule has 0 unspecified atom stereocenters. The fourth-order valence-corrected chi connectivity index (χ4v) is 3.46. The summed E-state index contributed by atoms with van der Waals surface area (Å²) in [6.07, 6.45) is 2.31. The molecule has 9 heteroatoms. The van der Waals surface area contributed by atoms with Crippen LogP contribution in [0.15, 0.2) is 12.7 Å². The van der Waals surface area contributed by atoms with Crippen LogP contribution in [0.25, 0.3) is 0 Å². The van der Waals surface area contributed by atoms with Crippen molar-refractivity contribution in [3.63, 3.8) is 0 Å². The summed E-state index contributed by atoms with van der Waals surface area (Å²) in [6.45, 7) is 15.9. The number of amides is 2. The number of ether oxygens (including phenoxy) is 3. The third kappa shape index (κ3) is 14.0. The molecule has 9 nitrogen and oxygen atoms in total. The van der Waals surface area contributed by atoms with Crippen molar-refractivity contribution >= 4 is 23.6 Å². The summed E-state index contributed by atoms with van der Waals surface area (Å²) in [4.78, 5) is 51.1. The Morgan fingerprint density at radius 2 is 1.43 bits per heavy atom. The van der Waals surface area contributed by atoms with Crippen LogP contribution in [0, 0.1) is 23.7 Å². The molecule has 35 heavy (non-hydrogen) atoms. The molecule has 0 aliphatic rings. The molecule has 0 aliphatic carbocycles. The number of Topliss-reactive ketones (excluding diaryl/α,β-unsaturated/α-hetero) is 1. The van der Waals surface area contributed by atoms with Crippen molar-refractivity contribution < 1.29 is 33.4 Å². The number of methoxy groups -OCH3 is 1. The van der Waals surface area contributed by atoms with Crippen molar-refractivity contribution in [2.75, 3.05) is 33.5 Å². The maximum absolute atomic E-state index is 13.2. The minimum Gasteiger partial charge on any atom is -0.469 e. The normalized spacial score (nSPS) is 14.7. The number of hydrogen-bond donors (Lipinski definition) is 2. The number of ketones is 1. The SMILES string of the molecule is C=CCOC[C@H](C)C(=O)N[C@@H](CC(C)C)C(=O)N[C@@H](CC(C)C)C(=O)C[C@@H](COCC)C(=O)OC. The average molecular weight is 499 g/mol. The number of carbonyl (C=O) groups is 4. The van der Waals surface area contributed by atoms with Gasteiger partial charge in [0.05, 0.1) is 44.8 Å². The Labute approximate surface area is 210 Å². The maximum atomic E-state index is 13.2. The Morgan fingerprint density at radius 1 is 0.857 bits per heavy atom. The Morgan fingerprint density at radius 3 is 1.94 bits per heavy atom. The van der Waals surface area contributed by atoms with Crippen LogP contribution in [0.3, 0.4) is 0 Å². The predicted molar refractivity (Wildman–Crippen MR) is 135 cm³/mol. The predicted octanol–water partition coefficient (Wildman–Crippen LogP) is 2.67. The smallest absolute Gasteiger partial charge is 0.311 e. The molecule has 0 heterocycles. The molecule has 0 aromatic rings. The van der Waals surface area contributed by atoms with Crippen molar-refractivity contribution in [1.29, 1.82) is 0 Å². The minimum absolute atomic E-state index is 0.0646. The van der Waals surface area contributed by atoms with E-state index in [1.165, 1.54) is 7.11 Å². The molecule has 0 fully saturated rings. The number of esters is 1. The van der Waals surface area contributed by atoms with Crippen molar-refractivity contribution in [3.05, 3.63) is 12.7 Å². The fourth-order valence-electron chi connectivity index (χ4n) is 3.46. The third-order valence-corrected chi connectivity index (χ3v) is 5.31. The van der Waals surface area contributed by atoms with E-state index in [4.69, 9.17) is 14.2 Å². The summed E-state index contributed by atoms with van der Waals surface area (Å²) in [7, 11) is 1.27. The molecule has 0 radical (unpaired) electrons. The molecule has 0 saturated carbocycles. The molecule has 0 aliphatic heterocycles. The van der Waals surface area contributed by atoms with Crippen LogP contribution in [0.4, 0.5) is 0 Å². The van der Waals surface area contributed by atoms with Crippen LogP contribution in [-0.2, 0) is 33.4 Å². The second-order valence-electron chi connectivity index (χ2n) is 9.66. The van der Waals surface area contributed by atoms with E-state index in [-0.39, 0.29) is 43.2 Å². The van der Waals surface area contributed by atoms with Gasteiger partial charge in [0.15, 0.2) is 5.78 Å². The van der Waals surface area contributed by atoms with Gasteiger partial charge in [0, 0.05) is 13.0 Å². The first kappa shape index (κ1) is 32.7. The monoisotopic (exact) mass is 498 g/mol. The number of hydrogen-bond acceptors (Lipinski definition) is 7. The van der Waals surface area contributed by atoms with Gasteiger partial charge in [0.25, 0.3) is 0 Å². The highest BCUT2D eigenvalue weighted by Crippen LogP contribution is 2.15. The summed E-state index contributed by atoms with van der Waals surface area (Å²) in [5, 5.41) is 5.63. The molecule has 0 bridgehead atoms. The molecular weight excluding hydrogens is 452 g/mol. The lowest BCUT2D eigenvalue weighted by atomic mass is 9.93. The maximum Gasteiger partial charge on any atom is 0.311 e. The molecule has 0 aromatic carbocycles. The summed E-state index contributed by atoms with van der Waals surface area (Å²) < 4.78 is 15.5. The number of rotatable bonds is 19. The van der Waals surface area contributed by atoms with Crippen LogP contribution in [-0.4, -0.2) is 69.2 Å². The van der Waals surface area contributed by atoms with E-state index in [1.54, 1.807) is 19.9 Å².